The molecule has 12 heavy (non-hydrogen) atoms. The minimum absolute atomic E-state index is 0.0259. The molecular formula is C9H18OS2. The van der Waals surface area contributed by atoms with Crippen LogP contribution in [0.4, 0.5) is 0 Å². The number of hydrogen-bond donors (Lipinski definition) is 2. The number of hydrogen-bond acceptors (Lipinski definition) is 3. The summed E-state index contributed by atoms with van der Waals surface area (Å²) in [5, 5.41) is 0.263. The van der Waals surface area contributed by atoms with Gasteiger partial charge in [-0.15, -0.1) is 0 Å². The quantitative estimate of drug-likeness (QED) is 0.676. The van der Waals surface area contributed by atoms with Crippen molar-refractivity contribution < 1.29 is 4.79 Å². The molecule has 0 aliphatic heterocycles. The normalized spacial score (nSPS) is 21.2. The average molecular weight is 206 g/mol. The second kappa shape index (κ2) is 5.18. The Kier molecular flexibility index (Phi) is 5.34. The van der Waals surface area contributed by atoms with E-state index >= 15 is 0 Å². The van der Waals surface area contributed by atoms with Gasteiger partial charge < -0.3 is 0 Å². The lowest BCUT2D eigenvalue weighted by Crippen LogP contribution is -2.29. The van der Waals surface area contributed by atoms with Crippen LogP contribution in [0, 0.1) is 11.8 Å². The van der Waals surface area contributed by atoms with Crippen molar-refractivity contribution in [3.8, 4) is 0 Å². The molecule has 0 aliphatic carbocycles. The van der Waals surface area contributed by atoms with Crippen LogP contribution in [-0.2, 0) is 4.79 Å². The van der Waals surface area contributed by atoms with Crippen molar-refractivity contribution in [2.24, 2.45) is 11.8 Å². The molecule has 0 aromatic rings. The van der Waals surface area contributed by atoms with E-state index in [1.165, 1.54) is 0 Å². The molecule has 1 nitrogen and oxygen atoms in total. The molecule has 0 radical (unpaired) electrons. The van der Waals surface area contributed by atoms with Gasteiger partial charge in [-0.2, -0.15) is 25.3 Å². The predicted molar refractivity (Wildman–Crippen MR) is 60.2 cm³/mol. The summed E-state index contributed by atoms with van der Waals surface area (Å²) in [7, 11) is 0. The van der Waals surface area contributed by atoms with E-state index in [9.17, 15) is 4.79 Å². The lowest BCUT2D eigenvalue weighted by atomic mass is 9.91. The van der Waals surface area contributed by atoms with E-state index in [4.69, 9.17) is 0 Å². The summed E-state index contributed by atoms with van der Waals surface area (Å²) in [5.41, 5.74) is 0. The Morgan fingerprint density at radius 3 is 1.33 bits per heavy atom. The first-order valence-electron chi connectivity index (χ1n) is 4.27. The zero-order valence-electron chi connectivity index (χ0n) is 8.11. The summed E-state index contributed by atoms with van der Waals surface area (Å²) >= 11 is 8.50. The van der Waals surface area contributed by atoms with Crippen molar-refractivity contribution in [3.05, 3.63) is 0 Å². The fourth-order valence-corrected chi connectivity index (χ4v) is 1.18. The van der Waals surface area contributed by atoms with Crippen molar-refractivity contribution in [2.45, 2.75) is 38.2 Å². The number of ketones is 1. The van der Waals surface area contributed by atoms with E-state index in [1.807, 2.05) is 27.7 Å². The molecule has 0 saturated heterocycles. The Balaban J connectivity index is 4.19. The van der Waals surface area contributed by atoms with Gasteiger partial charge in [-0.1, -0.05) is 27.7 Å². The molecule has 0 aromatic carbocycles. The van der Waals surface area contributed by atoms with Crippen LogP contribution in [0.15, 0.2) is 0 Å². The van der Waals surface area contributed by atoms with Crippen LogP contribution in [0.3, 0.4) is 0 Å². The van der Waals surface area contributed by atoms with Crippen molar-refractivity contribution in [3.63, 3.8) is 0 Å². The van der Waals surface area contributed by atoms with Crippen molar-refractivity contribution >= 4 is 31.0 Å². The highest BCUT2D eigenvalue weighted by Gasteiger charge is 2.25. The topological polar surface area (TPSA) is 17.1 Å². The number of carbonyl (C=O) groups is 1. The van der Waals surface area contributed by atoms with Crippen molar-refractivity contribution in [1.82, 2.24) is 0 Å². The Labute approximate surface area is 86.1 Å². The van der Waals surface area contributed by atoms with Gasteiger partial charge in [0, 0.05) is 22.3 Å². The molecule has 0 fully saturated rings. The van der Waals surface area contributed by atoms with E-state index in [0.717, 1.165) is 0 Å². The van der Waals surface area contributed by atoms with Gasteiger partial charge in [0.2, 0.25) is 0 Å². The minimum atomic E-state index is 0.0259. The predicted octanol–water partition coefficient (Wildman–Crippen LogP) is 2.46. The van der Waals surface area contributed by atoms with Crippen molar-refractivity contribution in [2.75, 3.05) is 0 Å². The molecule has 4 atom stereocenters. The first-order chi connectivity index (χ1) is 5.37. The molecule has 0 aliphatic rings. The number of thiol groups is 2. The molecule has 0 bridgehead atoms. The smallest absolute Gasteiger partial charge is 0.140 e. The maximum absolute atomic E-state index is 11.6. The highest BCUT2D eigenvalue weighted by molar-refractivity contribution is 7.81. The number of rotatable bonds is 4. The first kappa shape index (κ1) is 12.4. The van der Waals surface area contributed by atoms with Crippen LogP contribution in [-0.4, -0.2) is 16.3 Å². The van der Waals surface area contributed by atoms with E-state index in [1.54, 1.807) is 0 Å². The van der Waals surface area contributed by atoms with Gasteiger partial charge in [0.1, 0.15) is 5.78 Å². The molecule has 0 spiro atoms. The molecule has 0 rings (SSSR count). The van der Waals surface area contributed by atoms with Crippen LogP contribution in [0.2, 0.25) is 0 Å². The third kappa shape index (κ3) is 3.40. The second-order valence-corrected chi connectivity index (χ2v) is 5.09. The summed E-state index contributed by atoms with van der Waals surface area (Å²) in [4.78, 5) is 11.6. The monoisotopic (exact) mass is 206 g/mol. The zero-order valence-corrected chi connectivity index (χ0v) is 9.90. The fraction of sp³-hybridized carbons (Fsp3) is 0.889. The highest BCUT2D eigenvalue weighted by Crippen LogP contribution is 2.19. The lowest BCUT2D eigenvalue weighted by molar-refractivity contribution is -0.125. The van der Waals surface area contributed by atoms with E-state index in [0.29, 0.717) is 0 Å². The molecular weight excluding hydrogens is 188 g/mol. The molecule has 72 valence electrons. The summed E-state index contributed by atoms with van der Waals surface area (Å²) in [6.07, 6.45) is 0. The number of Topliss-reactive ketones (excluding diaryl/α,β-unsaturated/α-hetero) is 1. The zero-order chi connectivity index (χ0) is 9.89. The van der Waals surface area contributed by atoms with Crippen molar-refractivity contribution in [1.29, 1.82) is 0 Å². The maximum Gasteiger partial charge on any atom is 0.140 e. The average Bonchev–Trinajstić information content (AvgIpc) is 2.00. The van der Waals surface area contributed by atoms with E-state index in [-0.39, 0.29) is 28.1 Å². The Hall–Kier alpha value is 0.370. The van der Waals surface area contributed by atoms with Gasteiger partial charge in [0.05, 0.1) is 0 Å². The van der Waals surface area contributed by atoms with Gasteiger partial charge in [-0.3, -0.25) is 4.79 Å². The summed E-state index contributed by atoms with van der Waals surface area (Å²) in [6, 6.07) is 0. The van der Waals surface area contributed by atoms with Crippen LogP contribution in [0.5, 0.6) is 0 Å². The Morgan fingerprint density at radius 1 is 0.917 bits per heavy atom. The van der Waals surface area contributed by atoms with E-state index in [2.05, 4.69) is 25.3 Å². The highest BCUT2D eigenvalue weighted by atomic mass is 32.1. The van der Waals surface area contributed by atoms with Crippen LogP contribution in [0.1, 0.15) is 27.7 Å². The van der Waals surface area contributed by atoms with Crippen LogP contribution in [0.25, 0.3) is 0 Å². The third-order valence-corrected chi connectivity index (χ3v) is 3.24. The molecule has 0 aromatic heterocycles. The van der Waals surface area contributed by atoms with Gasteiger partial charge in [-0.25, -0.2) is 0 Å². The fourth-order valence-electron chi connectivity index (χ4n) is 0.890. The summed E-state index contributed by atoms with van der Waals surface area (Å²) < 4.78 is 0. The lowest BCUT2D eigenvalue weighted by Gasteiger charge is -2.20. The minimum Gasteiger partial charge on any atom is -0.299 e. The number of carbonyl (C=O) groups excluding carboxylic acids is 1. The molecule has 0 amide bonds. The molecule has 4 unspecified atom stereocenters. The summed E-state index contributed by atoms with van der Waals surface area (Å²) in [6.45, 7) is 7.74. The molecule has 0 N–H and O–H groups in total. The standard InChI is InChI=1S/C9H18OS2/c1-5(7(3)11)9(10)6(2)8(4)12/h5-8,11-12H,1-4H3. The Bertz CT molecular complexity index is 139. The third-order valence-electron chi connectivity index (χ3n) is 2.34. The van der Waals surface area contributed by atoms with Crippen LogP contribution >= 0.6 is 25.3 Å². The van der Waals surface area contributed by atoms with E-state index < -0.39 is 0 Å². The van der Waals surface area contributed by atoms with Gasteiger partial charge >= 0.3 is 0 Å². The van der Waals surface area contributed by atoms with Crippen LogP contribution < -0.4 is 0 Å². The largest absolute Gasteiger partial charge is 0.299 e. The Morgan fingerprint density at radius 2 is 1.17 bits per heavy atom. The second-order valence-electron chi connectivity index (χ2n) is 3.46. The molecule has 0 saturated carbocycles. The summed E-state index contributed by atoms with van der Waals surface area (Å²) in [5.74, 6) is 0.316. The maximum atomic E-state index is 11.6. The first-order valence-corrected chi connectivity index (χ1v) is 5.31. The molecule has 0 heterocycles. The SMILES string of the molecule is CC(S)C(C)C(=O)C(C)C(C)S. The van der Waals surface area contributed by atoms with Gasteiger partial charge in [0.15, 0.2) is 0 Å². The molecule has 3 heteroatoms. The van der Waals surface area contributed by atoms with Gasteiger partial charge in [-0.05, 0) is 0 Å². The van der Waals surface area contributed by atoms with Gasteiger partial charge in [0.25, 0.3) is 0 Å².